The van der Waals surface area contributed by atoms with Crippen molar-refractivity contribution < 1.29 is 4.79 Å². The van der Waals surface area contributed by atoms with Gasteiger partial charge in [0.15, 0.2) is 0 Å². The standard InChI is InChI=1S/C12H22BrNO/c1-4-5-10(3)12(15)14-7-6-9(2)11(13)8-14/h9-11H,4-8H2,1-3H3. The number of piperidine rings is 1. The van der Waals surface area contributed by atoms with E-state index in [0.29, 0.717) is 16.7 Å². The van der Waals surface area contributed by atoms with Crippen LogP contribution in [-0.4, -0.2) is 28.7 Å². The minimum Gasteiger partial charge on any atom is -0.341 e. The predicted molar refractivity (Wildman–Crippen MR) is 67.1 cm³/mol. The van der Waals surface area contributed by atoms with Crippen LogP contribution in [0.5, 0.6) is 0 Å². The van der Waals surface area contributed by atoms with E-state index in [1.165, 1.54) is 0 Å². The second kappa shape index (κ2) is 5.88. The summed E-state index contributed by atoms with van der Waals surface area (Å²) >= 11 is 3.66. The zero-order valence-corrected chi connectivity index (χ0v) is 11.6. The van der Waals surface area contributed by atoms with Crippen LogP contribution >= 0.6 is 15.9 Å². The van der Waals surface area contributed by atoms with Crippen molar-refractivity contribution in [3.05, 3.63) is 0 Å². The third-order valence-corrected chi connectivity index (χ3v) is 4.51. The van der Waals surface area contributed by atoms with Crippen LogP contribution in [0.1, 0.15) is 40.0 Å². The fourth-order valence-electron chi connectivity index (χ4n) is 2.09. The highest BCUT2D eigenvalue weighted by Gasteiger charge is 2.28. The average molecular weight is 276 g/mol. The molecule has 0 aliphatic carbocycles. The maximum Gasteiger partial charge on any atom is 0.225 e. The molecule has 1 aliphatic heterocycles. The Morgan fingerprint density at radius 2 is 2.27 bits per heavy atom. The maximum absolute atomic E-state index is 12.0. The van der Waals surface area contributed by atoms with Crippen LogP contribution in [0.4, 0.5) is 0 Å². The molecule has 1 rings (SSSR count). The molecule has 0 radical (unpaired) electrons. The molecule has 0 aromatic carbocycles. The molecule has 2 nitrogen and oxygen atoms in total. The molecular weight excluding hydrogens is 254 g/mol. The Bertz CT molecular complexity index is 220. The van der Waals surface area contributed by atoms with E-state index >= 15 is 0 Å². The molecule has 0 spiro atoms. The molecule has 3 atom stereocenters. The van der Waals surface area contributed by atoms with Gasteiger partial charge in [-0.05, 0) is 18.8 Å². The van der Waals surface area contributed by atoms with Crippen LogP contribution < -0.4 is 0 Å². The molecule has 1 aliphatic rings. The number of hydrogen-bond acceptors (Lipinski definition) is 1. The summed E-state index contributed by atoms with van der Waals surface area (Å²) in [5.41, 5.74) is 0. The summed E-state index contributed by atoms with van der Waals surface area (Å²) in [6.45, 7) is 8.25. The van der Waals surface area contributed by atoms with Crippen molar-refractivity contribution >= 4 is 21.8 Å². The van der Waals surface area contributed by atoms with Crippen molar-refractivity contribution in [2.75, 3.05) is 13.1 Å². The third kappa shape index (κ3) is 3.47. The first kappa shape index (κ1) is 13.0. The van der Waals surface area contributed by atoms with Gasteiger partial charge < -0.3 is 4.90 Å². The average Bonchev–Trinajstić information content (AvgIpc) is 2.21. The van der Waals surface area contributed by atoms with Gasteiger partial charge in [0, 0.05) is 23.8 Å². The van der Waals surface area contributed by atoms with Gasteiger partial charge in [-0.3, -0.25) is 4.79 Å². The molecule has 0 saturated carbocycles. The molecule has 0 bridgehead atoms. The lowest BCUT2D eigenvalue weighted by atomic mass is 9.97. The fourth-order valence-corrected chi connectivity index (χ4v) is 2.70. The van der Waals surface area contributed by atoms with Gasteiger partial charge in [0.1, 0.15) is 0 Å². The largest absolute Gasteiger partial charge is 0.341 e. The van der Waals surface area contributed by atoms with E-state index in [1.54, 1.807) is 0 Å². The molecular formula is C12H22BrNO. The van der Waals surface area contributed by atoms with Gasteiger partial charge in [0.25, 0.3) is 0 Å². The number of hydrogen-bond donors (Lipinski definition) is 0. The molecule has 1 saturated heterocycles. The number of amides is 1. The molecule has 0 N–H and O–H groups in total. The van der Waals surface area contributed by atoms with Crippen molar-refractivity contribution in [1.82, 2.24) is 4.90 Å². The van der Waals surface area contributed by atoms with Gasteiger partial charge in [-0.2, -0.15) is 0 Å². The molecule has 0 aromatic heterocycles. The minimum absolute atomic E-state index is 0.197. The van der Waals surface area contributed by atoms with Crippen molar-refractivity contribution in [2.45, 2.75) is 44.9 Å². The van der Waals surface area contributed by atoms with Gasteiger partial charge in [0.2, 0.25) is 5.91 Å². The van der Waals surface area contributed by atoms with Crippen molar-refractivity contribution in [2.24, 2.45) is 11.8 Å². The van der Waals surface area contributed by atoms with E-state index in [2.05, 4.69) is 29.8 Å². The second-order valence-electron chi connectivity index (χ2n) is 4.76. The zero-order chi connectivity index (χ0) is 11.4. The molecule has 3 heteroatoms. The van der Waals surface area contributed by atoms with Crippen molar-refractivity contribution in [1.29, 1.82) is 0 Å². The quantitative estimate of drug-likeness (QED) is 0.725. The molecule has 88 valence electrons. The Labute approximate surface area is 102 Å². The Morgan fingerprint density at radius 1 is 1.60 bits per heavy atom. The smallest absolute Gasteiger partial charge is 0.225 e. The SMILES string of the molecule is CCCC(C)C(=O)N1CCC(C)C(Br)C1. The monoisotopic (exact) mass is 275 g/mol. The number of halogens is 1. The normalized spacial score (nSPS) is 28.9. The van der Waals surface area contributed by atoms with Crippen LogP contribution in [0, 0.1) is 11.8 Å². The summed E-state index contributed by atoms with van der Waals surface area (Å²) < 4.78 is 0. The Morgan fingerprint density at radius 3 is 2.80 bits per heavy atom. The third-order valence-electron chi connectivity index (χ3n) is 3.32. The van der Waals surface area contributed by atoms with Crippen LogP contribution in [0.15, 0.2) is 0 Å². The molecule has 1 fully saturated rings. The van der Waals surface area contributed by atoms with Gasteiger partial charge in [-0.15, -0.1) is 0 Å². The summed E-state index contributed by atoms with van der Waals surface area (Å²) in [6, 6.07) is 0. The van der Waals surface area contributed by atoms with E-state index in [0.717, 1.165) is 32.4 Å². The molecule has 0 aromatic rings. The highest BCUT2D eigenvalue weighted by atomic mass is 79.9. The van der Waals surface area contributed by atoms with Gasteiger partial charge >= 0.3 is 0 Å². The van der Waals surface area contributed by atoms with E-state index < -0.39 is 0 Å². The highest BCUT2D eigenvalue weighted by Crippen LogP contribution is 2.24. The predicted octanol–water partition coefficient (Wildman–Crippen LogP) is 3.05. The summed E-state index contributed by atoms with van der Waals surface area (Å²) in [6.07, 6.45) is 3.23. The van der Waals surface area contributed by atoms with E-state index in [9.17, 15) is 4.79 Å². The number of rotatable bonds is 3. The molecule has 1 amide bonds. The number of carbonyl (C=O) groups is 1. The Hall–Kier alpha value is -0.0500. The molecule has 1 heterocycles. The first-order valence-corrected chi connectivity index (χ1v) is 6.90. The molecule has 15 heavy (non-hydrogen) atoms. The van der Waals surface area contributed by atoms with Crippen molar-refractivity contribution in [3.8, 4) is 0 Å². The number of nitrogens with zero attached hydrogens (tertiary/aromatic N) is 1. The molecule has 3 unspecified atom stereocenters. The van der Waals surface area contributed by atoms with Gasteiger partial charge in [-0.25, -0.2) is 0 Å². The lowest BCUT2D eigenvalue weighted by Gasteiger charge is -2.35. The van der Waals surface area contributed by atoms with E-state index in [4.69, 9.17) is 0 Å². The lowest BCUT2D eigenvalue weighted by molar-refractivity contribution is -0.136. The van der Waals surface area contributed by atoms with Crippen LogP contribution in [0.3, 0.4) is 0 Å². The van der Waals surface area contributed by atoms with Crippen molar-refractivity contribution in [3.63, 3.8) is 0 Å². The van der Waals surface area contributed by atoms with Crippen LogP contribution in [-0.2, 0) is 4.79 Å². The summed E-state index contributed by atoms with van der Waals surface area (Å²) in [5.74, 6) is 1.23. The van der Waals surface area contributed by atoms with E-state index in [-0.39, 0.29) is 5.92 Å². The highest BCUT2D eigenvalue weighted by molar-refractivity contribution is 9.09. The fraction of sp³-hybridized carbons (Fsp3) is 0.917. The summed E-state index contributed by atoms with van der Waals surface area (Å²) in [4.78, 5) is 14.5. The van der Waals surface area contributed by atoms with Crippen LogP contribution in [0.2, 0.25) is 0 Å². The summed E-state index contributed by atoms with van der Waals surface area (Å²) in [7, 11) is 0. The van der Waals surface area contributed by atoms with Gasteiger partial charge in [-0.1, -0.05) is 43.1 Å². The second-order valence-corrected chi connectivity index (χ2v) is 5.93. The number of likely N-dealkylation sites (tertiary alicyclic amines) is 1. The Kier molecular flexibility index (Phi) is 5.10. The first-order chi connectivity index (χ1) is 7.06. The number of carbonyl (C=O) groups excluding carboxylic acids is 1. The Balaban J connectivity index is 2.47. The van der Waals surface area contributed by atoms with Crippen LogP contribution in [0.25, 0.3) is 0 Å². The topological polar surface area (TPSA) is 20.3 Å². The summed E-state index contributed by atoms with van der Waals surface area (Å²) in [5, 5.41) is 0. The van der Waals surface area contributed by atoms with Gasteiger partial charge in [0.05, 0.1) is 0 Å². The zero-order valence-electron chi connectivity index (χ0n) is 10.0. The minimum atomic E-state index is 0.197. The lowest BCUT2D eigenvalue weighted by Crippen LogP contribution is -2.45. The first-order valence-electron chi connectivity index (χ1n) is 5.99. The maximum atomic E-state index is 12.0. The number of alkyl halides is 1. The van der Waals surface area contributed by atoms with E-state index in [1.807, 2.05) is 11.8 Å².